The van der Waals surface area contributed by atoms with Gasteiger partial charge in [-0.1, -0.05) is 6.92 Å². The highest BCUT2D eigenvalue weighted by atomic mass is 16.5. The number of hydrogen-bond donors (Lipinski definition) is 0. The van der Waals surface area contributed by atoms with Gasteiger partial charge in [0.05, 0.1) is 30.2 Å². The third kappa shape index (κ3) is 2.75. The van der Waals surface area contributed by atoms with E-state index in [0.29, 0.717) is 17.9 Å². The molecule has 0 aromatic carbocycles. The van der Waals surface area contributed by atoms with Gasteiger partial charge in [-0.25, -0.2) is 0 Å². The summed E-state index contributed by atoms with van der Waals surface area (Å²) in [4.78, 5) is 4.32. The van der Waals surface area contributed by atoms with E-state index in [2.05, 4.69) is 11.1 Å². The second-order valence-electron chi connectivity index (χ2n) is 4.07. The Kier molecular flexibility index (Phi) is 3.94. The molecule has 90 valence electrons. The molecule has 2 rings (SSSR count). The zero-order chi connectivity index (χ0) is 12.1. The first-order chi connectivity index (χ1) is 8.35. The Bertz CT molecular complexity index is 420. The van der Waals surface area contributed by atoms with Crippen LogP contribution in [0.1, 0.15) is 43.5 Å². The first kappa shape index (κ1) is 11.9. The average molecular weight is 232 g/mol. The zero-order valence-electron chi connectivity index (χ0n) is 9.98. The second kappa shape index (κ2) is 5.65. The maximum atomic E-state index is 9.09. The number of aromatic nitrogens is 1. The summed E-state index contributed by atoms with van der Waals surface area (Å²) in [7, 11) is 0. The van der Waals surface area contributed by atoms with E-state index in [1.165, 1.54) is 0 Å². The summed E-state index contributed by atoms with van der Waals surface area (Å²) in [6.45, 7) is 3.41. The van der Waals surface area contributed by atoms with Gasteiger partial charge in [-0.05, 0) is 25.3 Å². The van der Waals surface area contributed by atoms with Crippen molar-refractivity contribution in [3.8, 4) is 11.8 Å². The topological polar surface area (TPSA) is 55.1 Å². The second-order valence-corrected chi connectivity index (χ2v) is 4.07. The van der Waals surface area contributed by atoms with Crippen LogP contribution in [0.5, 0.6) is 5.75 Å². The van der Waals surface area contributed by atoms with Crippen molar-refractivity contribution >= 4 is 0 Å². The van der Waals surface area contributed by atoms with Crippen LogP contribution in [0.4, 0.5) is 0 Å². The molecule has 0 N–H and O–H groups in total. The van der Waals surface area contributed by atoms with Crippen LogP contribution in [0, 0.1) is 11.3 Å². The van der Waals surface area contributed by atoms with Crippen molar-refractivity contribution < 1.29 is 9.47 Å². The van der Waals surface area contributed by atoms with Crippen LogP contribution in [0.2, 0.25) is 0 Å². The molecule has 1 aromatic heterocycles. The van der Waals surface area contributed by atoms with Crippen molar-refractivity contribution in [1.29, 1.82) is 5.26 Å². The minimum Gasteiger partial charge on any atom is -0.491 e. The highest BCUT2D eigenvalue weighted by Gasteiger charge is 2.20. The van der Waals surface area contributed by atoms with E-state index >= 15 is 0 Å². The third-order valence-corrected chi connectivity index (χ3v) is 2.73. The van der Waals surface area contributed by atoms with Gasteiger partial charge in [0.15, 0.2) is 5.75 Å². The Labute approximate surface area is 101 Å². The molecule has 1 aromatic rings. The summed E-state index contributed by atoms with van der Waals surface area (Å²) in [5, 5.41) is 9.09. The predicted molar refractivity (Wildman–Crippen MR) is 62.7 cm³/mol. The molecule has 2 heterocycles. The van der Waals surface area contributed by atoms with Gasteiger partial charge < -0.3 is 9.47 Å². The number of nitriles is 1. The monoisotopic (exact) mass is 232 g/mol. The minimum absolute atomic E-state index is 0.0438. The van der Waals surface area contributed by atoms with Gasteiger partial charge in [0, 0.05) is 6.61 Å². The van der Waals surface area contributed by atoms with Gasteiger partial charge in [0.2, 0.25) is 0 Å². The smallest absolute Gasteiger partial charge is 0.155 e. The minimum atomic E-state index is 0.0438. The highest BCUT2D eigenvalue weighted by molar-refractivity contribution is 5.42. The molecule has 0 radical (unpaired) electrons. The summed E-state index contributed by atoms with van der Waals surface area (Å²) in [5.41, 5.74) is 1.38. The third-order valence-electron chi connectivity index (χ3n) is 2.73. The summed E-state index contributed by atoms with van der Waals surface area (Å²) in [5.74, 6) is 0.566. The molecular weight excluding hydrogens is 216 g/mol. The molecule has 1 fully saturated rings. The summed E-state index contributed by atoms with van der Waals surface area (Å²) in [6, 6.07) is 3.93. The van der Waals surface area contributed by atoms with E-state index in [-0.39, 0.29) is 6.10 Å². The van der Waals surface area contributed by atoms with Crippen LogP contribution in [0.15, 0.2) is 12.3 Å². The molecule has 4 nitrogen and oxygen atoms in total. The Morgan fingerprint density at radius 3 is 3.18 bits per heavy atom. The normalized spacial score (nSPS) is 18.9. The largest absolute Gasteiger partial charge is 0.491 e. The van der Waals surface area contributed by atoms with Gasteiger partial charge >= 0.3 is 0 Å². The van der Waals surface area contributed by atoms with Gasteiger partial charge in [-0.15, -0.1) is 0 Å². The lowest BCUT2D eigenvalue weighted by atomic mass is 10.1. The standard InChI is InChI=1S/C13H16N2O2/c1-2-5-16-13-9-15-11(7-10(13)8-14)12-4-3-6-17-12/h7,9,12H,2-6H2,1H3. The summed E-state index contributed by atoms with van der Waals surface area (Å²) in [6.07, 6.45) is 4.63. The number of nitrogens with zero attached hydrogens (tertiary/aromatic N) is 2. The maximum Gasteiger partial charge on any atom is 0.155 e. The van der Waals surface area contributed by atoms with Crippen LogP contribution in [-0.4, -0.2) is 18.2 Å². The zero-order valence-corrected chi connectivity index (χ0v) is 9.98. The lowest BCUT2D eigenvalue weighted by Crippen LogP contribution is -2.03. The van der Waals surface area contributed by atoms with Crippen molar-refractivity contribution in [2.24, 2.45) is 0 Å². The average Bonchev–Trinajstić information content (AvgIpc) is 2.90. The molecule has 1 aliphatic rings. The molecular formula is C13H16N2O2. The van der Waals surface area contributed by atoms with Gasteiger partial charge in [-0.2, -0.15) is 5.26 Å². The predicted octanol–water partition coefficient (Wildman–Crippen LogP) is 2.59. The fraction of sp³-hybridized carbons (Fsp3) is 0.538. The molecule has 0 aliphatic carbocycles. The highest BCUT2D eigenvalue weighted by Crippen LogP contribution is 2.29. The van der Waals surface area contributed by atoms with Crippen molar-refractivity contribution in [3.05, 3.63) is 23.5 Å². The van der Waals surface area contributed by atoms with Crippen LogP contribution >= 0.6 is 0 Å². The molecule has 0 bridgehead atoms. The van der Waals surface area contributed by atoms with Crippen LogP contribution in [0.25, 0.3) is 0 Å². The number of ether oxygens (including phenoxy) is 2. The fourth-order valence-electron chi connectivity index (χ4n) is 1.86. The first-order valence-electron chi connectivity index (χ1n) is 5.99. The fourth-order valence-corrected chi connectivity index (χ4v) is 1.86. The van der Waals surface area contributed by atoms with E-state index in [9.17, 15) is 0 Å². The molecule has 1 saturated heterocycles. The lowest BCUT2D eigenvalue weighted by molar-refractivity contribution is 0.108. The van der Waals surface area contributed by atoms with Crippen LogP contribution < -0.4 is 4.74 Å². The van der Waals surface area contributed by atoms with Crippen LogP contribution in [-0.2, 0) is 4.74 Å². The van der Waals surface area contributed by atoms with Crippen molar-refractivity contribution in [1.82, 2.24) is 4.98 Å². The Morgan fingerprint density at radius 2 is 2.53 bits per heavy atom. The maximum absolute atomic E-state index is 9.09. The number of hydrogen-bond acceptors (Lipinski definition) is 4. The van der Waals surface area contributed by atoms with Crippen LogP contribution in [0.3, 0.4) is 0 Å². The molecule has 1 unspecified atom stereocenters. The summed E-state index contributed by atoms with van der Waals surface area (Å²) >= 11 is 0. The molecule has 0 amide bonds. The van der Waals surface area contributed by atoms with Gasteiger partial charge in [0.1, 0.15) is 6.07 Å². The SMILES string of the molecule is CCCOc1cnc(C2CCCO2)cc1C#N. The molecule has 1 atom stereocenters. The van der Waals surface area contributed by atoms with E-state index in [1.807, 2.05) is 6.92 Å². The quantitative estimate of drug-likeness (QED) is 0.800. The van der Waals surface area contributed by atoms with E-state index in [1.54, 1.807) is 12.3 Å². The molecule has 1 aliphatic heterocycles. The van der Waals surface area contributed by atoms with Crippen molar-refractivity contribution in [2.45, 2.75) is 32.3 Å². The summed E-state index contributed by atoms with van der Waals surface area (Å²) < 4.78 is 11.0. The first-order valence-corrected chi connectivity index (χ1v) is 5.99. The van der Waals surface area contributed by atoms with Crippen molar-refractivity contribution in [3.63, 3.8) is 0 Å². The number of pyridine rings is 1. The van der Waals surface area contributed by atoms with E-state index in [0.717, 1.165) is 31.6 Å². The Balaban J connectivity index is 2.18. The lowest BCUT2D eigenvalue weighted by Gasteiger charge is -2.11. The van der Waals surface area contributed by atoms with Gasteiger partial charge in [0.25, 0.3) is 0 Å². The molecule has 4 heteroatoms. The molecule has 0 spiro atoms. The Hall–Kier alpha value is -1.60. The molecule has 17 heavy (non-hydrogen) atoms. The van der Waals surface area contributed by atoms with Gasteiger partial charge in [-0.3, -0.25) is 4.98 Å². The van der Waals surface area contributed by atoms with E-state index in [4.69, 9.17) is 14.7 Å². The molecule has 0 saturated carbocycles. The van der Waals surface area contributed by atoms with E-state index < -0.39 is 0 Å². The van der Waals surface area contributed by atoms with Crippen molar-refractivity contribution in [2.75, 3.05) is 13.2 Å². The Morgan fingerprint density at radius 1 is 1.65 bits per heavy atom. The number of rotatable bonds is 4.